The summed E-state index contributed by atoms with van der Waals surface area (Å²) in [7, 11) is 0. The van der Waals surface area contributed by atoms with Crippen molar-refractivity contribution in [3.05, 3.63) is 28.8 Å². The summed E-state index contributed by atoms with van der Waals surface area (Å²) in [6, 6.07) is 2.89. The zero-order valence-electron chi connectivity index (χ0n) is 16.9. The van der Waals surface area contributed by atoms with E-state index in [0.717, 1.165) is 43.6 Å². The van der Waals surface area contributed by atoms with Crippen LogP contribution in [0.15, 0.2) is 12.1 Å². The van der Waals surface area contributed by atoms with Crippen LogP contribution in [0, 0.1) is 12.8 Å². The maximum absolute atomic E-state index is 11.9. The molecular weight excluding hydrogens is 362 g/mol. The quantitative estimate of drug-likeness (QED) is 0.712. The second-order valence-electron chi connectivity index (χ2n) is 8.35. The fourth-order valence-corrected chi connectivity index (χ4v) is 3.57. The number of carboxylic acid groups (broad SMARTS) is 2. The number of carbonyl (C=O) groups is 3. The predicted octanol–water partition coefficient (Wildman–Crippen LogP) is 3.73. The van der Waals surface area contributed by atoms with Crippen molar-refractivity contribution < 1.29 is 29.3 Å². The molecule has 1 aliphatic rings. The molecule has 1 fully saturated rings. The van der Waals surface area contributed by atoms with Crippen LogP contribution in [0.2, 0.25) is 0 Å². The van der Waals surface area contributed by atoms with Gasteiger partial charge in [0.05, 0.1) is 11.1 Å². The Morgan fingerprint density at radius 3 is 2.11 bits per heavy atom. The molecule has 0 aromatic heterocycles. The van der Waals surface area contributed by atoms with Crippen molar-refractivity contribution in [3.8, 4) is 0 Å². The number of piperidine rings is 1. The highest BCUT2D eigenvalue weighted by atomic mass is 16.6. The average Bonchev–Trinajstić information content (AvgIpc) is 2.58. The smallest absolute Gasteiger partial charge is 0.336 e. The molecule has 0 amide bonds. The van der Waals surface area contributed by atoms with Crippen molar-refractivity contribution in [2.45, 2.75) is 59.0 Å². The van der Waals surface area contributed by atoms with Gasteiger partial charge >= 0.3 is 17.9 Å². The van der Waals surface area contributed by atoms with Gasteiger partial charge in [-0.25, -0.2) is 9.59 Å². The maximum atomic E-state index is 11.9. The Morgan fingerprint density at radius 1 is 1.07 bits per heavy atom. The summed E-state index contributed by atoms with van der Waals surface area (Å²) in [6.07, 6.45) is 2.97. The van der Waals surface area contributed by atoms with Crippen LogP contribution in [0.4, 0.5) is 5.69 Å². The lowest BCUT2D eigenvalue weighted by atomic mass is 9.91. The van der Waals surface area contributed by atoms with Crippen molar-refractivity contribution >= 4 is 23.6 Å². The molecule has 2 rings (SSSR count). The number of aromatic carboxylic acids is 2. The van der Waals surface area contributed by atoms with Crippen LogP contribution in [-0.2, 0) is 9.53 Å². The highest BCUT2D eigenvalue weighted by molar-refractivity contribution is 6.02. The van der Waals surface area contributed by atoms with E-state index in [1.165, 1.54) is 12.1 Å². The third-order valence-corrected chi connectivity index (χ3v) is 4.93. The van der Waals surface area contributed by atoms with Crippen molar-refractivity contribution in [1.29, 1.82) is 0 Å². The molecule has 7 heteroatoms. The number of hydrogen-bond acceptors (Lipinski definition) is 5. The molecular formula is C21H29NO6. The monoisotopic (exact) mass is 391 g/mol. The van der Waals surface area contributed by atoms with Gasteiger partial charge in [0.15, 0.2) is 0 Å². The van der Waals surface area contributed by atoms with E-state index < -0.39 is 17.5 Å². The first-order chi connectivity index (χ1) is 13.0. The second-order valence-corrected chi connectivity index (χ2v) is 8.35. The first kappa shape index (κ1) is 21.7. The Bertz CT molecular complexity index is 757. The zero-order chi connectivity index (χ0) is 21.1. The lowest BCUT2D eigenvalue weighted by Gasteiger charge is -2.35. The van der Waals surface area contributed by atoms with Gasteiger partial charge in [0.25, 0.3) is 0 Å². The van der Waals surface area contributed by atoms with Crippen LogP contribution in [-0.4, -0.2) is 46.8 Å². The molecule has 0 aliphatic carbocycles. The number of anilines is 1. The molecule has 0 unspecified atom stereocenters. The van der Waals surface area contributed by atoms with E-state index >= 15 is 0 Å². The molecule has 1 aromatic carbocycles. The molecule has 1 saturated heterocycles. The average molecular weight is 391 g/mol. The van der Waals surface area contributed by atoms with Gasteiger partial charge in [-0.1, -0.05) is 0 Å². The number of ether oxygens (including phenoxy) is 1. The van der Waals surface area contributed by atoms with E-state index in [9.17, 15) is 24.6 Å². The summed E-state index contributed by atoms with van der Waals surface area (Å²) >= 11 is 0. The Labute approximate surface area is 165 Å². The van der Waals surface area contributed by atoms with Gasteiger partial charge in [-0.3, -0.25) is 4.79 Å². The third-order valence-electron chi connectivity index (χ3n) is 4.93. The van der Waals surface area contributed by atoms with Gasteiger partial charge < -0.3 is 19.8 Å². The first-order valence-corrected chi connectivity index (χ1v) is 9.56. The summed E-state index contributed by atoms with van der Waals surface area (Å²) in [6.45, 7) is 8.84. The summed E-state index contributed by atoms with van der Waals surface area (Å²) < 4.78 is 5.35. The molecule has 1 heterocycles. The molecule has 154 valence electrons. The second kappa shape index (κ2) is 8.63. The lowest BCUT2D eigenvalue weighted by molar-refractivity contribution is -0.155. The van der Waals surface area contributed by atoms with Crippen molar-refractivity contribution in [2.24, 2.45) is 5.92 Å². The standard InChI is InChI=1S/C21H29NO6/c1-13-11-15(19(24)25)16(20(26)27)12-17(13)22-9-7-14(8-10-22)5-6-18(23)28-21(2,3)4/h11-12,14H,5-10H2,1-4H3,(H,24,25)(H,26,27). The van der Waals surface area contributed by atoms with Crippen LogP contribution in [0.3, 0.4) is 0 Å². The number of aryl methyl sites for hydroxylation is 1. The Hall–Kier alpha value is -2.57. The predicted molar refractivity (Wildman–Crippen MR) is 105 cm³/mol. The largest absolute Gasteiger partial charge is 0.478 e. The highest BCUT2D eigenvalue weighted by Gasteiger charge is 2.25. The lowest BCUT2D eigenvalue weighted by Crippen LogP contribution is -2.34. The van der Waals surface area contributed by atoms with Gasteiger partial charge in [0.2, 0.25) is 0 Å². The normalized spacial score (nSPS) is 15.4. The highest BCUT2D eigenvalue weighted by Crippen LogP contribution is 2.30. The van der Waals surface area contributed by atoms with Crippen LogP contribution >= 0.6 is 0 Å². The van der Waals surface area contributed by atoms with Crippen LogP contribution in [0.5, 0.6) is 0 Å². The maximum Gasteiger partial charge on any atom is 0.336 e. The minimum Gasteiger partial charge on any atom is -0.478 e. The van der Waals surface area contributed by atoms with Crippen LogP contribution in [0.25, 0.3) is 0 Å². The molecule has 7 nitrogen and oxygen atoms in total. The topological polar surface area (TPSA) is 104 Å². The van der Waals surface area contributed by atoms with Gasteiger partial charge in [-0.05, 0) is 70.6 Å². The summed E-state index contributed by atoms with van der Waals surface area (Å²) in [5.74, 6) is -2.25. The number of esters is 1. The van der Waals surface area contributed by atoms with Gasteiger partial charge in [0.1, 0.15) is 5.60 Å². The number of carboxylic acids is 2. The van der Waals surface area contributed by atoms with Crippen LogP contribution in [0.1, 0.15) is 72.7 Å². The molecule has 1 aliphatic heterocycles. The number of carbonyl (C=O) groups excluding carboxylic acids is 1. The molecule has 0 radical (unpaired) electrons. The van der Waals surface area contributed by atoms with Gasteiger partial charge in [-0.2, -0.15) is 0 Å². The van der Waals surface area contributed by atoms with Crippen molar-refractivity contribution in [2.75, 3.05) is 18.0 Å². The first-order valence-electron chi connectivity index (χ1n) is 9.56. The van der Waals surface area contributed by atoms with Crippen LogP contribution < -0.4 is 4.90 Å². The minimum absolute atomic E-state index is 0.180. The summed E-state index contributed by atoms with van der Waals surface area (Å²) in [5, 5.41) is 18.6. The Kier molecular flexibility index (Phi) is 6.69. The van der Waals surface area contributed by atoms with E-state index in [1.807, 2.05) is 20.8 Å². The van der Waals surface area contributed by atoms with E-state index in [2.05, 4.69) is 4.90 Å². The molecule has 0 atom stereocenters. The fourth-order valence-electron chi connectivity index (χ4n) is 3.57. The molecule has 0 bridgehead atoms. The van der Waals surface area contributed by atoms with Gasteiger partial charge in [-0.15, -0.1) is 0 Å². The fraction of sp³-hybridized carbons (Fsp3) is 0.571. The van der Waals surface area contributed by atoms with E-state index in [0.29, 0.717) is 12.3 Å². The van der Waals surface area contributed by atoms with E-state index in [4.69, 9.17) is 4.74 Å². The summed E-state index contributed by atoms with van der Waals surface area (Å²) in [4.78, 5) is 36.7. The Morgan fingerprint density at radius 2 is 1.61 bits per heavy atom. The minimum atomic E-state index is -1.24. The third kappa shape index (κ3) is 5.71. The number of hydrogen-bond donors (Lipinski definition) is 2. The summed E-state index contributed by atoms with van der Waals surface area (Å²) in [5.41, 5.74) is 0.644. The molecule has 2 N–H and O–H groups in total. The molecule has 1 aromatic rings. The number of rotatable bonds is 6. The zero-order valence-corrected chi connectivity index (χ0v) is 16.9. The van der Waals surface area contributed by atoms with E-state index in [-0.39, 0.29) is 17.1 Å². The number of benzene rings is 1. The van der Waals surface area contributed by atoms with Gasteiger partial charge in [0, 0.05) is 25.2 Å². The molecule has 0 saturated carbocycles. The molecule has 0 spiro atoms. The van der Waals surface area contributed by atoms with Crippen molar-refractivity contribution in [3.63, 3.8) is 0 Å². The molecule has 28 heavy (non-hydrogen) atoms. The van der Waals surface area contributed by atoms with E-state index in [1.54, 1.807) is 6.92 Å². The Balaban J connectivity index is 1.99. The SMILES string of the molecule is Cc1cc(C(=O)O)c(C(=O)O)cc1N1CCC(CCC(=O)OC(C)(C)C)CC1. The van der Waals surface area contributed by atoms with Crippen molar-refractivity contribution in [1.82, 2.24) is 0 Å². The number of nitrogens with zero attached hydrogens (tertiary/aromatic N) is 1.